The van der Waals surface area contributed by atoms with Crippen molar-refractivity contribution in [3.05, 3.63) is 24.5 Å². The SMILES string of the molecule is CCN(CC(C)CN)S(=O)(=O)c1cccnc1. The summed E-state index contributed by atoms with van der Waals surface area (Å²) in [5.41, 5.74) is 5.52. The zero-order valence-corrected chi connectivity index (χ0v) is 11.0. The van der Waals surface area contributed by atoms with Crippen LogP contribution in [0.2, 0.25) is 0 Å². The first-order valence-corrected chi connectivity index (χ1v) is 7.06. The first kappa shape index (κ1) is 14.1. The van der Waals surface area contributed by atoms with Gasteiger partial charge in [0.1, 0.15) is 4.90 Å². The molecule has 5 nitrogen and oxygen atoms in total. The Morgan fingerprint density at radius 1 is 1.53 bits per heavy atom. The summed E-state index contributed by atoms with van der Waals surface area (Å²) < 4.78 is 26.0. The van der Waals surface area contributed by atoms with E-state index in [0.29, 0.717) is 19.6 Å². The lowest BCUT2D eigenvalue weighted by Crippen LogP contribution is -2.36. The molecule has 0 aliphatic heterocycles. The highest BCUT2D eigenvalue weighted by Gasteiger charge is 2.24. The fraction of sp³-hybridized carbons (Fsp3) is 0.545. The minimum atomic E-state index is -3.44. The van der Waals surface area contributed by atoms with E-state index in [9.17, 15) is 8.42 Å². The molecule has 0 aromatic carbocycles. The fourth-order valence-electron chi connectivity index (χ4n) is 1.47. The topological polar surface area (TPSA) is 76.3 Å². The van der Waals surface area contributed by atoms with Crippen LogP contribution >= 0.6 is 0 Å². The molecule has 0 aliphatic rings. The average molecular weight is 257 g/mol. The van der Waals surface area contributed by atoms with E-state index < -0.39 is 10.0 Å². The second-order valence-corrected chi connectivity index (χ2v) is 5.92. The molecule has 0 radical (unpaired) electrons. The van der Waals surface area contributed by atoms with Crippen LogP contribution in [0.25, 0.3) is 0 Å². The molecule has 96 valence electrons. The van der Waals surface area contributed by atoms with Crippen molar-refractivity contribution in [1.82, 2.24) is 9.29 Å². The van der Waals surface area contributed by atoms with E-state index in [1.807, 2.05) is 13.8 Å². The van der Waals surface area contributed by atoms with Gasteiger partial charge in [0, 0.05) is 25.5 Å². The summed E-state index contributed by atoms with van der Waals surface area (Å²) >= 11 is 0. The Bertz CT molecular complexity index is 433. The quantitative estimate of drug-likeness (QED) is 0.813. The lowest BCUT2D eigenvalue weighted by molar-refractivity contribution is 0.371. The van der Waals surface area contributed by atoms with Crippen molar-refractivity contribution in [2.75, 3.05) is 19.6 Å². The summed E-state index contributed by atoms with van der Waals surface area (Å²) in [7, 11) is -3.44. The monoisotopic (exact) mass is 257 g/mol. The second kappa shape index (κ2) is 6.09. The molecule has 1 unspecified atom stereocenters. The van der Waals surface area contributed by atoms with Gasteiger partial charge in [-0.25, -0.2) is 8.42 Å². The summed E-state index contributed by atoms with van der Waals surface area (Å²) in [6.07, 6.45) is 2.92. The zero-order valence-electron chi connectivity index (χ0n) is 10.2. The molecule has 1 atom stereocenters. The summed E-state index contributed by atoms with van der Waals surface area (Å²) in [6.45, 7) is 5.09. The molecule has 17 heavy (non-hydrogen) atoms. The third kappa shape index (κ3) is 3.49. The smallest absolute Gasteiger partial charge is 0.244 e. The number of rotatable bonds is 6. The highest BCUT2D eigenvalue weighted by molar-refractivity contribution is 7.89. The molecule has 0 aliphatic carbocycles. The average Bonchev–Trinajstić information content (AvgIpc) is 2.36. The van der Waals surface area contributed by atoms with Crippen LogP contribution < -0.4 is 5.73 Å². The number of nitrogens with two attached hydrogens (primary N) is 1. The third-order valence-corrected chi connectivity index (χ3v) is 4.47. The number of sulfonamides is 1. The van der Waals surface area contributed by atoms with E-state index in [0.717, 1.165) is 0 Å². The summed E-state index contributed by atoms with van der Waals surface area (Å²) in [4.78, 5) is 4.06. The van der Waals surface area contributed by atoms with E-state index in [4.69, 9.17) is 5.73 Å². The maximum atomic E-state index is 12.3. The second-order valence-electron chi connectivity index (χ2n) is 3.99. The number of nitrogens with zero attached hydrogens (tertiary/aromatic N) is 2. The Labute approximate surface area is 103 Å². The van der Waals surface area contributed by atoms with Gasteiger partial charge in [-0.05, 0) is 24.6 Å². The van der Waals surface area contributed by atoms with Gasteiger partial charge in [-0.1, -0.05) is 13.8 Å². The molecule has 1 rings (SSSR count). The van der Waals surface area contributed by atoms with Gasteiger partial charge < -0.3 is 5.73 Å². The Morgan fingerprint density at radius 3 is 2.71 bits per heavy atom. The van der Waals surface area contributed by atoms with E-state index >= 15 is 0 Å². The molecule has 0 fully saturated rings. The molecule has 0 amide bonds. The van der Waals surface area contributed by atoms with Crippen LogP contribution in [-0.4, -0.2) is 37.3 Å². The van der Waals surface area contributed by atoms with Crippen LogP contribution in [0.15, 0.2) is 29.4 Å². The third-order valence-electron chi connectivity index (χ3n) is 2.54. The van der Waals surface area contributed by atoms with Gasteiger partial charge in [-0.3, -0.25) is 4.98 Å². The predicted octanol–water partition coefficient (Wildman–Crippen LogP) is 0.687. The first-order valence-electron chi connectivity index (χ1n) is 5.62. The van der Waals surface area contributed by atoms with Crippen molar-refractivity contribution in [3.8, 4) is 0 Å². The van der Waals surface area contributed by atoms with Crippen LogP contribution in [0.5, 0.6) is 0 Å². The van der Waals surface area contributed by atoms with Crippen molar-refractivity contribution in [3.63, 3.8) is 0 Å². The van der Waals surface area contributed by atoms with Crippen LogP contribution in [0.3, 0.4) is 0 Å². The summed E-state index contributed by atoms with van der Waals surface area (Å²) in [5, 5.41) is 0. The molecule has 0 saturated carbocycles. The molecule has 2 N–H and O–H groups in total. The van der Waals surface area contributed by atoms with Crippen LogP contribution in [0, 0.1) is 5.92 Å². The zero-order chi connectivity index (χ0) is 12.9. The van der Waals surface area contributed by atoms with Crippen molar-refractivity contribution in [2.24, 2.45) is 11.7 Å². The standard InChI is InChI=1S/C11H19N3O2S/c1-3-14(9-10(2)7-12)17(15,16)11-5-4-6-13-8-11/h4-6,8,10H,3,7,9,12H2,1-2H3. The van der Waals surface area contributed by atoms with E-state index in [2.05, 4.69) is 4.98 Å². The van der Waals surface area contributed by atoms with Gasteiger partial charge in [0.05, 0.1) is 0 Å². The molecule has 1 aromatic rings. The summed E-state index contributed by atoms with van der Waals surface area (Å²) in [5.74, 6) is 0.140. The van der Waals surface area contributed by atoms with Gasteiger partial charge in [-0.2, -0.15) is 4.31 Å². The molecule has 6 heteroatoms. The van der Waals surface area contributed by atoms with Gasteiger partial charge in [0.25, 0.3) is 0 Å². The molecular formula is C11H19N3O2S. The van der Waals surface area contributed by atoms with E-state index in [1.165, 1.54) is 10.5 Å². The van der Waals surface area contributed by atoms with Crippen molar-refractivity contribution in [1.29, 1.82) is 0 Å². The normalized spacial score (nSPS) is 13.9. The Hall–Kier alpha value is -0.980. The number of pyridine rings is 1. The lowest BCUT2D eigenvalue weighted by Gasteiger charge is -2.23. The molecule has 1 aromatic heterocycles. The van der Waals surface area contributed by atoms with Crippen molar-refractivity contribution in [2.45, 2.75) is 18.7 Å². The van der Waals surface area contributed by atoms with Crippen LogP contribution in [0.1, 0.15) is 13.8 Å². The maximum absolute atomic E-state index is 12.3. The Kier molecular flexibility index (Phi) is 5.04. The van der Waals surface area contributed by atoms with Crippen molar-refractivity contribution >= 4 is 10.0 Å². The molecule has 0 bridgehead atoms. The highest BCUT2D eigenvalue weighted by atomic mass is 32.2. The summed E-state index contributed by atoms with van der Waals surface area (Å²) in [6, 6.07) is 3.17. The fourth-order valence-corrected chi connectivity index (χ4v) is 3.00. The van der Waals surface area contributed by atoms with Gasteiger partial charge in [0.2, 0.25) is 10.0 Å². The Balaban J connectivity index is 2.95. The molecule has 0 spiro atoms. The minimum Gasteiger partial charge on any atom is -0.330 e. The Morgan fingerprint density at radius 2 is 2.24 bits per heavy atom. The first-order chi connectivity index (χ1) is 8.02. The van der Waals surface area contributed by atoms with Gasteiger partial charge >= 0.3 is 0 Å². The van der Waals surface area contributed by atoms with Crippen LogP contribution in [-0.2, 0) is 10.0 Å². The van der Waals surface area contributed by atoms with Crippen LogP contribution in [0.4, 0.5) is 0 Å². The van der Waals surface area contributed by atoms with Crippen molar-refractivity contribution < 1.29 is 8.42 Å². The maximum Gasteiger partial charge on any atom is 0.244 e. The number of hydrogen-bond acceptors (Lipinski definition) is 4. The number of aromatic nitrogens is 1. The van der Waals surface area contributed by atoms with Gasteiger partial charge in [-0.15, -0.1) is 0 Å². The molecular weight excluding hydrogens is 238 g/mol. The van der Waals surface area contributed by atoms with Gasteiger partial charge in [0.15, 0.2) is 0 Å². The van der Waals surface area contributed by atoms with E-state index in [-0.39, 0.29) is 10.8 Å². The molecule has 0 saturated heterocycles. The minimum absolute atomic E-state index is 0.140. The lowest BCUT2D eigenvalue weighted by atomic mass is 10.2. The molecule has 1 heterocycles. The predicted molar refractivity (Wildman–Crippen MR) is 66.9 cm³/mol. The highest BCUT2D eigenvalue weighted by Crippen LogP contribution is 2.15. The number of hydrogen-bond donors (Lipinski definition) is 1. The largest absolute Gasteiger partial charge is 0.330 e. The van der Waals surface area contributed by atoms with E-state index in [1.54, 1.807) is 18.3 Å².